The molecule has 0 amide bonds. The molecule has 2 atom stereocenters. The summed E-state index contributed by atoms with van der Waals surface area (Å²) >= 11 is 3.62. The third-order valence-electron chi connectivity index (χ3n) is 6.70. The number of aliphatic carboxylic acids is 1. The topological polar surface area (TPSA) is 62.7 Å². The van der Waals surface area contributed by atoms with Crippen molar-refractivity contribution in [1.82, 2.24) is 9.88 Å². The highest BCUT2D eigenvalue weighted by atomic mass is 32.2. The molecule has 3 heterocycles. The van der Waals surface area contributed by atoms with Gasteiger partial charge in [-0.3, -0.25) is 9.78 Å². The van der Waals surface area contributed by atoms with Crippen LogP contribution in [0.15, 0.2) is 46.1 Å². The van der Waals surface area contributed by atoms with Crippen LogP contribution in [0, 0.1) is 17.7 Å². The number of halogens is 1. The number of hydrogen-bond donors (Lipinski definition) is 1. The summed E-state index contributed by atoms with van der Waals surface area (Å²) in [5.41, 5.74) is 1.43. The standard InChI is InChI=1S/C26H31FN2O3S2/c1-32-20-7-8-24-22(15-20)21(23(27)16-28-24)5-2-4-18-9-10-29(17-19(18)14-25(30)31)11-13-34-26-6-3-12-33-26/h3,6-8,12,15-16,18-19H,2,4-5,9-11,13-14,17H2,1H3,(H,30,31)/t18?,19-/m1/s1. The number of thiophene rings is 1. The molecular formula is C26H31FN2O3S2. The number of likely N-dealkylation sites (tertiary alicyclic amines) is 1. The predicted octanol–water partition coefficient (Wildman–Crippen LogP) is 5.97. The number of thioether (sulfide) groups is 1. The summed E-state index contributed by atoms with van der Waals surface area (Å²) in [6.07, 6.45) is 4.82. The molecule has 5 nitrogen and oxygen atoms in total. The van der Waals surface area contributed by atoms with E-state index in [1.54, 1.807) is 18.4 Å². The van der Waals surface area contributed by atoms with Gasteiger partial charge in [-0.1, -0.05) is 6.07 Å². The van der Waals surface area contributed by atoms with Crippen molar-refractivity contribution < 1.29 is 19.0 Å². The highest BCUT2D eigenvalue weighted by molar-refractivity contribution is 8.01. The van der Waals surface area contributed by atoms with Crippen LogP contribution in [0.5, 0.6) is 5.75 Å². The van der Waals surface area contributed by atoms with Crippen LogP contribution < -0.4 is 4.74 Å². The molecule has 1 fully saturated rings. The molecule has 34 heavy (non-hydrogen) atoms. The summed E-state index contributed by atoms with van der Waals surface area (Å²) in [6, 6.07) is 9.74. The summed E-state index contributed by atoms with van der Waals surface area (Å²) in [4.78, 5) is 18.2. The van der Waals surface area contributed by atoms with Crippen molar-refractivity contribution in [2.45, 2.75) is 36.3 Å². The quantitative estimate of drug-likeness (QED) is 0.326. The van der Waals surface area contributed by atoms with Crippen LogP contribution in [0.2, 0.25) is 0 Å². The molecule has 0 aliphatic carbocycles. The molecule has 8 heteroatoms. The lowest BCUT2D eigenvalue weighted by molar-refractivity contribution is -0.139. The average molecular weight is 503 g/mol. The van der Waals surface area contributed by atoms with Crippen molar-refractivity contribution in [1.29, 1.82) is 0 Å². The minimum absolute atomic E-state index is 0.136. The first-order valence-electron chi connectivity index (χ1n) is 11.7. The molecule has 0 bridgehead atoms. The zero-order valence-electron chi connectivity index (χ0n) is 19.4. The van der Waals surface area contributed by atoms with Crippen molar-refractivity contribution in [3.05, 3.63) is 53.3 Å². The number of carboxylic acids is 1. The second kappa shape index (κ2) is 12.0. The second-order valence-corrected chi connectivity index (χ2v) is 11.2. The molecular weight excluding hydrogens is 471 g/mol. The van der Waals surface area contributed by atoms with Crippen LogP contribution in [0.25, 0.3) is 10.9 Å². The number of rotatable bonds is 11. The number of methoxy groups -OCH3 is 1. The van der Waals surface area contributed by atoms with Crippen LogP contribution in [0.4, 0.5) is 4.39 Å². The van der Waals surface area contributed by atoms with E-state index in [1.807, 2.05) is 30.0 Å². The Morgan fingerprint density at radius 3 is 3.00 bits per heavy atom. The molecule has 1 N–H and O–H groups in total. The number of aromatic nitrogens is 1. The van der Waals surface area contributed by atoms with Crippen LogP contribution in [-0.2, 0) is 11.2 Å². The number of piperidine rings is 1. The molecule has 0 radical (unpaired) electrons. The van der Waals surface area contributed by atoms with Gasteiger partial charge in [-0.25, -0.2) is 4.39 Å². The van der Waals surface area contributed by atoms with Gasteiger partial charge in [0.2, 0.25) is 0 Å². The van der Waals surface area contributed by atoms with E-state index in [-0.39, 0.29) is 18.2 Å². The van der Waals surface area contributed by atoms with E-state index in [9.17, 15) is 14.3 Å². The summed E-state index contributed by atoms with van der Waals surface area (Å²) in [6.45, 7) is 2.79. The van der Waals surface area contributed by atoms with Gasteiger partial charge in [0.25, 0.3) is 0 Å². The van der Waals surface area contributed by atoms with Crippen molar-refractivity contribution in [2.75, 3.05) is 32.5 Å². The lowest BCUT2D eigenvalue weighted by atomic mass is 9.80. The zero-order chi connectivity index (χ0) is 23.9. The SMILES string of the molecule is COc1ccc2ncc(F)c(CCCC3CCN(CCSc4cccs4)C[C@H]3CC(=O)O)c2c1. The van der Waals surface area contributed by atoms with Gasteiger partial charge in [0.1, 0.15) is 11.6 Å². The maximum atomic E-state index is 14.7. The molecule has 182 valence electrons. The Kier molecular flexibility index (Phi) is 8.80. The monoisotopic (exact) mass is 502 g/mol. The fourth-order valence-electron chi connectivity index (χ4n) is 4.94. The van der Waals surface area contributed by atoms with Crippen LogP contribution in [0.3, 0.4) is 0 Å². The van der Waals surface area contributed by atoms with Crippen LogP contribution >= 0.6 is 23.1 Å². The van der Waals surface area contributed by atoms with E-state index in [1.165, 1.54) is 10.4 Å². The Morgan fingerprint density at radius 2 is 2.24 bits per heavy atom. The first-order valence-corrected chi connectivity index (χ1v) is 13.6. The minimum Gasteiger partial charge on any atom is -0.497 e. The van der Waals surface area contributed by atoms with Gasteiger partial charge in [0.15, 0.2) is 0 Å². The first-order chi connectivity index (χ1) is 16.5. The molecule has 1 aliphatic rings. The number of fused-ring (bicyclic) bond motifs is 1. The molecule has 1 aliphatic heterocycles. The second-order valence-electron chi connectivity index (χ2n) is 8.85. The highest BCUT2D eigenvalue weighted by Crippen LogP contribution is 2.33. The van der Waals surface area contributed by atoms with E-state index < -0.39 is 5.97 Å². The predicted molar refractivity (Wildman–Crippen MR) is 137 cm³/mol. The molecule has 2 aromatic heterocycles. The number of carbonyl (C=O) groups is 1. The summed E-state index contributed by atoms with van der Waals surface area (Å²) in [7, 11) is 1.60. The van der Waals surface area contributed by atoms with Gasteiger partial charge in [-0.15, -0.1) is 23.1 Å². The number of ether oxygens (including phenoxy) is 1. The molecule has 4 rings (SSSR count). The highest BCUT2D eigenvalue weighted by Gasteiger charge is 2.30. The van der Waals surface area contributed by atoms with Crippen LogP contribution in [0.1, 0.15) is 31.2 Å². The number of nitrogens with zero attached hydrogens (tertiary/aromatic N) is 2. The number of aryl methyl sites for hydroxylation is 1. The average Bonchev–Trinajstić information content (AvgIpc) is 3.34. The molecule has 1 aromatic carbocycles. The third kappa shape index (κ3) is 6.49. The Balaban J connectivity index is 1.34. The molecule has 1 unspecified atom stereocenters. The minimum atomic E-state index is -0.733. The van der Waals surface area contributed by atoms with Crippen molar-refractivity contribution >= 4 is 40.0 Å². The van der Waals surface area contributed by atoms with E-state index >= 15 is 0 Å². The molecule has 0 saturated carbocycles. The van der Waals surface area contributed by atoms with Crippen molar-refractivity contribution in [3.63, 3.8) is 0 Å². The van der Waals surface area contributed by atoms with Crippen LogP contribution in [-0.4, -0.2) is 53.5 Å². The van der Waals surface area contributed by atoms with Gasteiger partial charge in [0, 0.05) is 30.6 Å². The van der Waals surface area contributed by atoms with Gasteiger partial charge in [-0.2, -0.15) is 0 Å². The number of hydrogen-bond acceptors (Lipinski definition) is 6. The Morgan fingerprint density at radius 1 is 1.35 bits per heavy atom. The maximum Gasteiger partial charge on any atom is 0.303 e. The normalized spacial score (nSPS) is 18.9. The maximum absolute atomic E-state index is 14.7. The summed E-state index contributed by atoms with van der Waals surface area (Å²) in [5.74, 6) is 1.17. The number of benzene rings is 1. The van der Waals surface area contributed by atoms with E-state index in [2.05, 4.69) is 27.4 Å². The van der Waals surface area contributed by atoms with Gasteiger partial charge < -0.3 is 14.7 Å². The van der Waals surface area contributed by atoms with Gasteiger partial charge in [-0.05, 0) is 79.3 Å². The third-order valence-corrected chi connectivity index (χ3v) is 8.81. The Labute approximate surface area is 208 Å². The lowest BCUT2D eigenvalue weighted by Gasteiger charge is -2.38. The molecule has 3 aromatic rings. The summed E-state index contributed by atoms with van der Waals surface area (Å²) < 4.78 is 21.3. The fraction of sp³-hybridized carbons (Fsp3) is 0.462. The van der Waals surface area contributed by atoms with Gasteiger partial charge >= 0.3 is 5.97 Å². The van der Waals surface area contributed by atoms with E-state index in [0.29, 0.717) is 23.7 Å². The summed E-state index contributed by atoms with van der Waals surface area (Å²) in [5, 5.41) is 12.4. The van der Waals surface area contributed by atoms with Crippen molar-refractivity contribution in [3.8, 4) is 5.75 Å². The fourth-order valence-corrected chi connectivity index (χ4v) is 6.80. The Hall–Kier alpha value is -2.16. The number of pyridine rings is 1. The number of carboxylic acid groups (broad SMARTS) is 1. The van der Waals surface area contributed by atoms with E-state index in [0.717, 1.165) is 55.6 Å². The Bertz CT molecular complexity index is 1090. The van der Waals surface area contributed by atoms with Crippen molar-refractivity contribution in [2.24, 2.45) is 11.8 Å². The first kappa shape index (κ1) is 24.9. The molecule has 1 saturated heterocycles. The molecule has 0 spiro atoms. The largest absolute Gasteiger partial charge is 0.497 e. The van der Waals surface area contributed by atoms with Gasteiger partial charge in [0.05, 0.1) is 23.0 Å². The zero-order valence-corrected chi connectivity index (χ0v) is 21.0. The van der Waals surface area contributed by atoms with E-state index in [4.69, 9.17) is 4.74 Å². The lowest BCUT2D eigenvalue weighted by Crippen LogP contribution is -2.42. The smallest absolute Gasteiger partial charge is 0.303 e.